The summed E-state index contributed by atoms with van der Waals surface area (Å²) < 4.78 is 0. The van der Waals surface area contributed by atoms with Gasteiger partial charge in [-0.05, 0) is 27.7 Å². The SMILES string of the molecule is C=CC(C)(O)C(C)=NC(C)C. The summed E-state index contributed by atoms with van der Waals surface area (Å²) in [6.07, 6.45) is 1.49. The van der Waals surface area contributed by atoms with Gasteiger partial charge in [0.15, 0.2) is 0 Å². The van der Waals surface area contributed by atoms with E-state index < -0.39 is 5.60 Å². The monoisotopic (exact) mass is 155 g/mol. The fraction of sp³-hybridized carbons (Fsp3) is 0.667. The number of hydrogen-bond acceptors (Lipinski definition) is 2. The molecular weight excluding hydrogens is 138 g/mol. The number of nitrogens with zero attached hydrogens (tertiary/aromatic N) is 1. The first kappa shape index (κ1) is 10.4. The number of aliphatic hydroxyl groups is 1. The molecule has 2 heteroatoms. The van der Waals surface area contributed by atoms with Gasteiger partial charge in [-0.25, -0.2) is 0 Å². The van der Waals surface area contributed by atoms with Crippen molar-refractivity contribution in [3.05, 3.63) is 12.7 Å². The van der Waals surface area contributed by atoms with E-state index in [0.29, 0.717) is 5.71 Å². The minimum atomic E-state index is -0.954. The van der Waals surface area contributed by atoms with E-state index in [1.54, 1.807) is 6.92 Å². The summed E-state index contributed by atoms with van der Waals surface area (Å²) in [4.78, 5) is 4.22. The molecule has 0 amide bonds. The molecule has 2 nitrogen and oxygen atoms in total. The van der Waals surface area contributed by atoms with Crippen molar-refractivity contribution in [1.29, 1.82) is 0 Å². The lowest BCUT2D eigenvalue weighted by molar-refractivity contribution is 0.183. The first-order valence-electron chi connectivity index (χ1n) is 3.81. The summed E-state index contributed by atoms with van der Waals surface area (Å²) in [6, 6.07) is 0.224. The van der Waals surface area contributed by atoms with E-state index in [4.69, 9.17) is 0 Å². The Kier molecular flexibility index (Phi) is 3.46. The molecule has 1 unspecified atom stereocenters. The van der Waals surface area contributed by atoms with Gasteiger partial charge in [0.1, 0.15) is 5.60 Å². The van der Waals surface area contributed by atoms with Crippen molar-refractivity contribution < 1.29 is 5.11 Å². The van der Waals surface area contributed by atoms with Gasteiger partial charge < -0.3 is 5.11 Å². The lowest BCUT2D eigenvalue weighted by Crippen LogP contribution is -2.30. The van der Waals surface area contributed by atoms with Gasteiger partial charge in [-0.1, -0.05) is 12.7 Å². The highest BCUT2D eigenvalue weighted by molar-refractivity contribution is 5.91. The maximum Gasteiger partial charge on any atom is 0.117 e. The van der Waals surface area contributed by atoms with E-state index in [-0.39, 0.29) is 6.04 Å². The van der Waals surface area contributed by atoms with Gasteiger partial charge in [0.05, 0.1) is 0 Å². The van der Waals surface area contributed by atoms with Gasteiger partial charge in [-0.15, -0.1) is 0 Å². The Morgan fingerprint density at radius 1 is 1.64 bits per heavy atom. The van der Waals surface area contributed by atoms with Gasteiger partial charge in [0.2, 0.25) is 0 Å². The molecule has 0 aromatic carbocycles. The van der Waals surface area contributed by atoms with Crippen molar-refractivity contribution in [1.82, 2.24) is 0 Å². The Hall–Kier alpha value is -0.630. The molecule has 0 aliphatic heterocycles. The van der Waals surface area contributed by atoms with Crippen molar-refractivity contribution in [2.24, 2.45) is 4.99 Å². The van der Waals surface area contributed by atoms with Crippen molar-refractivity contribution in [2.75, 3.05) is 0 Å². The highest BCUT2D eigenvalue weighted by Gasteiger charge is 2.19. The molecule has 1 atom stereocenters. The second-order valence-electron chi connectivity index (χ2n) is 3.16. The van der Waals surface area contributed by atoms with E-state index in [0.717, 1.165) is 0 Å². The first-order chi connectivity index (χ1) is 4.90. The Bertz CT molecular complexity index is 168. The van der Waals surface area contributed by atoms with Crippen LogP contribution in [0.3, 0.4) is 0 Å². The van der Waals surface area contributed by atoms with Crippen LogP contribution in [0, 0.1) is 0 Å². The first-order valence-corrected chi connectivity index (χ1v) is 3.81. The molecule has 0 rings (SSSR count). The zero-order valence-corrected chi connectivity index (χ0v) is 7.76. The quantitative estimate of drug-likeness (QED) is 0.489. The molecule has 0 saturated heterocycles. The fourth-order valence-corrected chi connectivity index (χ4v) is 0.666. The minimum absolute atomic E-state index is 0.224. The summed E-state index contributed by atoms with van der Waals surface area (Å²) in [5.74, 6) is 0. The Morgan fingerprint density at radius 3 is 2.36 bits per heavy atom. The third-order valence-corrected chi connectivity index (χ3v) is 1.58. The summed E-state index contributed by atoms with van der Waals surface area (Å²) in [7, 11) is 0. The van der Waals surface area contributed by atoms with Gasteiger partial charge in [0.25, 0.3) is 0 Å². The van der Waals surface area contributed by atoms with Crippen LogP contribution in [0.1, 0.15) is 27.7 Å². The molecule has 64 valence electrons. The number of hydrogen-bond donors (Lipinski definition) is 1. The number of aliphatic imine (C=N–C) groups is 1. The molecule has 0 aromatic heterocycles. The van der Waals surface area contributed by atoms with Crippen molar-refractivity contribution in [3.63, 3.8) is 0 Å². The van der Waals surface area contributed by atoms with E-state index in [1.807, 2.05) is 20.8 Å². The maximum absolute atomic E-state index is 9.59. The number of rotatable bonds is 3. The molecule has 0 bridgehead atoms. The van der Waals surface area contributed by atoms with Gasteiger partial charge in [0, 0.05) is 11.8 Å². The van der Waals surface area contributed by atoms with E-state index in [1.165, 1.54) is 6.08 Å². The molecular formula is C9H17NO. The molecule has 1 N–H and O–H groups in total. The normalized spacial score (nSPS) is 18.2. The van der Waals surface area contributed by atoms with E-state index in [2.05, 4.69) is 11.6 Å². The predicted molar refractivity (Wildman–Crippen MR) is 49.1 cm³/mol. The lowest BCUT2D eigenvalue weighted by atomic mass is 10.0. The van der Waals surface area contributed by atoms with Crippen LogP contribution in [0.25, 0.3) is 0 Å². The summed E-state index contributed by atoms with van der Waals surface area (Å²) in [5, 5.41) is 9.59. The van der Waals surface area contributed by atoms with Crippen LogP contribution in [0.4, 0.5) is 0 Å². The average molecular weight is 155 g/mol. The van der Waals surface area contributed by atoms with Crippen LogP contribution in [-0.4, -0.2) is 22.5 Å². The van der Waals surface area contributed by atoms with E-state index >= 15 is 0 Å². The zero-order chi connectivity index (χ0) is 9.07. The molecule has 0 aromatic rings. The molecule has 0 spiro atoms. The molecule has 0 saturated carbocycles. The Labute approximate surface area is 68.7 Å². The summed E-state index contributed by atoms with van der Waals surface area (Å²) >= 11 is 0. The average Bonchev–Trinajstić information content (AvgIpc) is 1.86. The zero-order valence-electron chi connectivity index (χ0n) is 7.76. The largest absolute Gasteiger partial charge is 0.380 e. The van der Waals surface area contributed by atoms with Gasteiger partial charge in [-0.2, -0.15) is 0 Å². The molecule has 0 heterocycles. The van der Waals surface area contributed by atoms with Gasteiger partial charge in [-0.3, -0.25) is 4.99 Å². The maximum atomic E-state index is 9.59. The topological polar surface area (TPSA) is 32.6 Å². The Balaban J connectivity index is 4.46. The second-order valence-corrected chi connectivity index (χ2v) is 3.16. The Morgan fingerprint density at radius 2 is 2.09 bits per heavy atom. The standard InChI is InChI=1S/C9H17NO/c1-6-9(5,11)8(4)10-7(2)3/h6-7,11H,1H2,2-5H3. The van der Waals surface area contributed by atoms with Gasteiger partial charge >= 0.3 is 0 Å². The third kappa shape index (κ3) is 3.33. The van der Waals surface area contributed by atoms with Crippen LogP contribution in [0.15, 0.2) is 17.6 Å². The van der Waals surface area contributed by atoms with Crippen LogP contribution in [-0.2, 0) is 0 Å². The van der Waals surface area contributed by atoms with Crippen molar-refractivity contribution >= 4 is 5.71 Å². The van der Waals surface area contributed by atoms with Crippen LogP contribution in [0.2, 0.25) is 0 Å². The molecule has 0 aliphatic rings. The summed E-state index contributed by atoms with van der Waals surface area (Å²) in [5.41, 5.74) is -0.243. The molecule has 11 heavy (non-hydrogen) atoms. The smallest absolute Gasteiger partial charge is 0.117 e. The van der Waals surface area contributed by atoms with Crippen LogP contribution >= 0.6 is 0 Å². The van der Waals surface area contributed by atoms with Crippen LogP contribution < -0.4 is 0 Å². The van der Waals surface area contributed by atoms with Crippen LogP contribution in [0.5, 0.6) is 0 Å². The highest BCUT2D eigenvalue weighted by Crippen LogP contribution is 2.08. The summed E-state index contributed by atoms with van der Waals surface area (Å²) in [6.45, 7) is 11.0. The predicted octanol–water partition coefficient (Wildman–Crippen LogP) is 1.79. The molecule has 0 aliphatic carbocycles. The molecule has 0 fully saturated rings. The minimum Gasteiger partial charge on any atom is -0.380 e. The third-order valence-electron chi connectivity index (χ3n) is 1.58. The second kappa shape index (κ2) is 3.67. The lowest BCUT2D eigenvalue weighted by Gasteiger charge is -2.18. The molecule has 0 radical (unpaired) electrons. The highest BCUT2D eigenvalue weighted by atomic mass is 16.3. The van der Waals surface area contributed by atoms with Crippen molar-refractivity contribution in [2.45, 2.75) is 39.3 Å². The van der Waals surface area contributed by atoms with E-state index in [9.17, 15) is 5.11 Å². The fourth-order valence-electron chi connectivity index (χ4n) is 0.666. The van der Waals surface area contributed by atoms with Crippen molar-refractivity contribution in [3.8, 4) is 0 Å².